The summed E-state index contributed by atoms with van der Waals surface area (Å²) in [5, 5.41) is 0.912. The van der Waals surface area contributed by atoms with Crippen LogP contribution in [-0.4, -0.2) is 5.04 Å². The molecule has 0 fully saturated rings. The van der Waals surface area contributed by atoms with Gasteiger partial charge >= 0.3 is 0 Å². The first-order valence-electron chi connectivity index (χ1n) is 8.48. The topological polar surface area (TPSA) is 21.6 Å². The van der Waals surface area contributed by atoms with Crippen LogP contribution in [0.25, 0.3) is 0 Å². The molecule has 0 saturated carbocycles. The highest BCUT2D eigenvalue weighted by atomic mass is 32.2. The first-order valence-corrected chi connectivity index (χ1v) is 9.29. The third kappa shape index (κ3) is 5.36. The van der Waals surface area contributed by atoms with Crippen molar-refractivity contribution in [2.45, 2.75) is 18.7 Å². The van der Waals surface area contributed by atoms with Crippen molar-refractivity contribution in [3.8, 4) is 5.75 Å². The normalized spacial score (nSPS) is 12.1. The molecule has 0 aromatic heterocycles. The molecule has 0 aliphatic heterocycles. The fourth-order valence-corrected chi connectivity index (χ4v) is 3.18. The Morgan fingerprint density at radius 1 is 0.885 bits per heavy atom. The summed E-state index contributed by atoms with van der Waals surface area (Å²) in [5.74, 6) is 0.827. The van der Waals surface area contributed by atoms with E-state index in [1.165, 1.54) is 5.56 Å². The molecule has 0 bridgehead atoms. The molecule has 130 valence electrons. The van der Waals surface area contributed by atoms with Crippen molar-refractivity contribution in [2.24, 2.45) is 4.99 Å². The van der Waals surface area contributed by atoms with Gasteiger partial charge in [0.25, 0.3) is 0 Å². The Balaban J connectivity index is 1.86. The molecule has 3 aromatic rings. The van der Waals surface area contributed by atoms with Crippen molar-refractivity contribution in [1.82, 2.24) is 0 Å². The van der Waals surface area contributed by atoms with Gasteiger partial charge in [-0.2, -0.15) is 0 Å². The number of thioether (sulfide) groups is 1. The number of hydrogen-bond donors (Lipinski definition) is 0. The van der Waals surface area contributed by atoms with Gasteiger partial charge in [0, 0.05) is 10.5 Å². The minimum atomic E-state index is 0.827. The van der Waals surface area contributed by atoms with Gasteiger partial charge in [-0.3, -0.25) is 0 Å². The lowest BCUT2D eigenvalue weighted by molar-refractivity contribution is 0.478. The van der Waals surface area contributed by atoms with Gasteiger partial charge in [-0.25, -0.2) is 4.99 Å². The van der Waals surface area contributed by atoms with Crippen LogP contribution in [0.1, 0.15) is 12.5 Å². The molecule has 3 rings (SSSR count). The number of para-hydroxylation sites is 1. The second-order valence-electron chi connectivity index (χ2n) is 5.90. The van der Waals surface area contributed by atoms with E-state index in [1.807, 2.05) is 73.7 Å². The third-order valence-electron chi connectivity index (χ3n) is 3.64. The van der Waals surface area contributed by atoms with Gasteiger partial charge in [0.1, 0.15) is 10.8 Å². The van der Waals surface area contributed by atoms with Crippen LogP contribution in [0.2, 0.25) is 0 Å². The largest absolute Gasteiger partial charge is 0.465 e. The van der Waals surface area contributed by atoms with Gasteiger partial charge in [-0.15, -0.1) is 0 Å². The summed E-state index contributed by atoms with van der Waals surface area (Å²) in [6.45, 7) is 4.07. The summed E-state index contributed by atoms with van der Waals surface area (Å²) >= 11 is 1.63. The van der Waals surface area contributed by atoms with E-state index in [-0.39, 0.29) is 0 Å². The zero-order chi connectivity index (χ0) is 18.2. The molecule has 0 aliphatic carbocycles. The van der Waals surface area contributed by atoms with Gasteiger partial charge < -0.3 is 4.74 Å². The second kappa shape index (κ2) is 9.07. The third-order valence-corrected chi connectivity index (χ3v) is 4.76. The monoisotopic (exact) mass is 359 g/mol. The Morgan fingerprint density at radius 2 is 1.58 bits per heavy atom. The molecule has 0 spiro atoms. The summed E-state index contributed by atoms with van der Waals surface area (Å²) in [5.41, 5.74) is 3.07. The summed E-state index contributed by atoms with van der Waals surface area (Å²) in [6, 6.07) is 28.2. The maximum absolute atomic E-state index is 5.85. The van der Waals surface area contributed by atoms with Crippen molar-refractivity contribution < 1.29 is 4.74 Å². The maximum atomic E-state index is 5.85. The van der Waals surface area contributed by atoms with Gasteiger partial charge in [-0.1, -0.05) is 60.3 Å². The van der Waals surface area contributed by atoms with Gasteiger partial charge in [0.15, 0.2) is 0 Å². The first-order chi connectivity index (χ1) is 12.7. The van der Waals surface area contributed by atoms with E-state index in [1.54, 1.807) is 18.0 Å². The molecule has 0 N–H and O–H groups in total. The standard InChI is InChI=1S/C23H21NOS/c1-18-10-9-13-21(16-18)25-17-19(2)23(24-20-11-5-3-6-12-20)26-22-14-7-4-8-15-22/h3-17H,1-2H3/b19-17+,24-23?. The lowest BCUT2D eigenvalue weighted by Gasteiger charge is -2.08. The van der Waals surface area contributed by atoms with Gasteiger partial charge in [0.05, 0.1) is 11.9 Å². The van der Waals surface area contributed by atoms with Crippen molar-refractivity contribution in [3.05, 3.63) is 102 Å². The summed E-state index contributed by atoms with van der Waals surface area (Å²) in [6.07, 6.45) is 1.77. The minimum absolute atomic E-state index is 0.827. The lowest BCUT2D eigenvalue weighted by atomic mass is 10.2. The minimum Gasteiger partial charge on any atom is -0.465 e. The Morgan fingerprint density at radius 3 is 2.27 bits per heavy atom. The van der Waals surface area contributed by atoms with Crippen LogP contribution in [-0.2, 0) is 0 Å². The predicted molar refractivity (Wildman–Crippen MR) is 111 cm³/mol. The molecule has 0 radical (unpaired) electrons. The number of nitrogens with zero attached hydrogens (tertiary/aromatic N) is 1. The van der Waals surface area contributed by atoms with Crippen LogP contribution in [0.4, 0.5) is 5.69 Å². The Bertz CT molecular complexity index is 902. The van der Waals surface area contributed by atoms with Crippen LogP contribution in [0.5, 0.6) is 5.75 Å². The van der Waals surface area contributed by atoms with Crippen molar-refractivity contribution in [1.29, 1.82) is 0 Å². The van der Waals surface area contributed by atoms with Crippen LogP contribution in [0.3, 0.4) is 0 Å². The number of rotatable bonds is 5. The van der Waals surface area contributed by atoms with Crippen molar-refractivity contribution in [2.75, 3.05) is 0 Å². The molecule has 0 aliphatic rings. The van der Waals surface area contributed by atoms with E-state index in [0.29, 0.717) is 0 Å². The fraction of sp³-hybridized carbons (Fsp3) is 0.0870. The van der Waals surface area contributed by atoms with E-state index >= 15 is 0 Å². The Labute approximate surface area is 159 Å². The molecule has 3 aromatic carbocycles. The molecular formula is C23H21NOS. The Kier molecular flexibility index (Phi) is 6.29. The molecule has 2 nitrogen and oxygen atoms in total. The van der Waals surface area contributed by atoms with E-state index in [4.69, 9.17) is 9.73 Å². The predicted octanol–water partition coefficient (Wildman–Crippen LogP) is 6.80. The fourth-order valence-electron chi connectivity index (χ4n) is 2.31. The van der Waals surface area contributed by atoms with Crippen molar-refractivity contribution in [3.63, 3.8) is 0 Å². The zero-order valence-corrected chi connectivity index (χ0v) is 15.7. The van der Waals surface area contributed by atoms with E-state index in [9.17, 15) is 0 Å². The number of aryl methyl sites for hydroxylation is 1. The summed E-state index contributed by atoms with van der Waals surface area (Å²) < 4.78 is 5.85. The summed E-state index contributed by atoms with van der Waals surface area (Å²) in [4.78, 5) is 5.96. The van der Waals surface area contributed by atoms with Crippen LogP contribution < -0.4 is 4.74 Å². The first kappa shape index (κ1) is 18.0. The van der Waals surface area contributed by atoms with Crippen LogP contribution in [0, 0.1) is 6.92 Å². The molecule has 0 unspecified atom stereocenters. The SMILES string of the molecule is C/C(=C\Oc1cccc(C)c1)C(=Nc1ccccc1)Sc1ccccc1. The van der Waals surface area contributed by atoms with Crippen LogP contribution in [0.15, 0.2) is 107 Å². The molecule has 0 atom stereocenters. The van der Waals surface area contributed by atoms with Crippen molar-refractivity contribution >= 4 is 22.5 Å². The zero-order valence-electron chi connectivity index (χ0n) is 14.9. The number of benzene rings is 3. The number of hydrogen-bond acceptors (Lipinski definition) is 3. The molecule has 0 heterocycles. The van der Waals surface area contributed by atoms with Gasteiger partial charge in [0.2, 0.25) is 0 Å². The maximum Gasteiger partial charge on any atom is 0.126 e. The molecule has 0 saturated heterocycles. The van der Waals surface area contributed by atoms with Gasteiger partial charge in [-0.05, 0) is 55.8 Å². The van der Waals surface area contributed by atoms with Crippen LogP contribution >= 0.6 is 11.8 Å². The highest BCUT2D eigenvalue weighted by molar-refractivity contribution is 8.14. The molecular weight excluding hydrogens is 338 g/mol. The smallest absolute Gasteiger partial charge is 0.126 e. The molecule has 3 heteroatoms. The molecule has 26 heavy (non-hydrogen) atoms. The number of aliphatic imine (C=N–C) groups is 1. The average molecular weight is 359 g/mol. The molecule has 0 amide bonds. The number of ether oxygens (including phenoxy) is 1. The lowest BCUT2D eigenvalue weighted by Crippen LogP contribution is -1.97. The van der Waals surface area contributed by atoms with E-state index in [2.05, 4.69) is 25.1 Å². The van der Waals surface area contributed by atoms with E-state index < -0.39 is 0 Å². The second-order valence-corrected chi connectivity index (χ2v) is 6.97. The highest BCUT2D eigenvalue weighted by Gasteiger charge is 2.07. The average Bonchev–Trinajstić information content (AvgIpc) is 2.67. The Hall–Kier alpha value is -2.78. The highest BCUT2D eigenvalue weighted by Crippen LogP contribution is 2.26. The van der Waals surface area contributed by atoms with E-state index in [0.717, 1.165) is 26.9 Å². The quantitative estimate of drug-likeness (QED) is 0.216. The summed E-state index contributed by atoms with van der Waals surface area (Å²) in [7, 11) is 0.